The molecule has 1 aromatic carbocycles. The van der Waals surface area contributed by atoms with Crippen LogP contribution in [0.2, 0.25) is 0 Å². The van der Waals surface area contributed by atoms with Crippen LogP contribution in [-0.4, -0.2) is 16.8 Å². The Bertz CT molecular complexity index is 563. The predicted octanol–water partition coefficient (Wildman–Crippen LogP) is 4.05. The molecule has 0 amide bonds. The van der Waals surface area contributed by atoms with Crippen LogP contribution in [0.4, 0.5) is 5.69 Å². The van der Waals surface area contributed by atoms with Gasteiger partial charge in [0, 0.05) is 17.7 Å². The van der Waals surface area contributed by atoms with E-state index < -0.39 is 0 Å². The van der Waals surface area contributed by atoms with Gasteiger partial charge in [-0.2, -0.15) is 4.58 Å². The summed E-state index contributed by atoms with van der Waals surface area (Å²) in [7, 11) is 0. The molecule has 0 fully saturated rings. The molecule has 1 heteroatoms. The third-order valence-corrected chi connectivity index (χ3v) is 5.11. The average Bonchev–Trinajstić information content (AvgIpc) is 2.61. The first kappa shape index (κ1) is 11.7. The van der Waals surface area contributed by atoms with Crippen molar-refractivity contribution < 1.29 is 4.58 Å². The highest BCUT2D eigenvalue weighted by Crippen LogP contribution is 2.53. The molecular formula is C17H22N+. The fraction of sp³-hybridized carbons (Fsp3) is 0.471. The van der Waals surface area contributed by atoms with Crippen molar-refractivity contribution in [1.82, 2.24) is 0 Å². The van der Waals surface area contributed by atoms with E-state index in [-0.39, 0.29) is 10.8 Å². The molecule has 0 radical (unpaired) electrons. The van der Waals surface area contributed by atoms with Crippen molar-refractivity contribution >= 4 is 11.4 Å². The van der Waals surface area contributed by atoms with E-state index in [1.165, 1.54) is 17.0 Å². The van der Waals surface area contributed by atoms with Crippen molar-refractivity contribution in [2.24, 2.45) is 5.41 Å². The molecule has 94 valence electrons. The molecule has 0 saturated carbocycles. The normalized spacial score (nSPS) is 28.2. The fourth-order valence-corrected chi connectivity index (χ4v) is 3.65. The van der Waals surface area contributed by atoms with Crippen LogP contribution < -0.4 is 0 Å². The second kappa shape index (κ2) is 3.57. The molecule has 0 bridgehead atoms. The van der Waals surface area contributed by atoms with Gasteiger partial charge in [0.05, 0.1) is 5.41 Å². The smallest absolute Gasteiger partial charge is 0.195 e. The second-order valence-corrected chi connectivity index (χ2v) is 6.26. The summed E-state index contributed by atoms with van der Waals surface area (Å²) in [5.74, 6) is 0. The van der Waals surface area contributed by atoms with Gasteiger partial charge >= 0.3 is 0 Å². The van der Waals surface area contributed by atoms with Crippen LogP contribution in [0, 0.1) is 5.41 Å². The highest BCUT2D eigenvalue weighted by atomic mass is 15.1. The number of hydrogen-bond donors (Lipinski definition) is 0. The first-order valence-electron chi connectivity index (χ1n) is 6.93. The van der Waals surface area contributed by atoms with Crippen LogP contribution in [0.15, 0.2) is 36.4 Å². The maximum Gasteiger partial charge on any atom is 0.209 e. The van der Waals surface area contributed by atoms with Crippen LogP contribution in [0.3, 0.4) is 0 Å². The Labute approximate surface area is 110 Å². The molecule has 1 unspecified atom stereocenters. The van der Waals surface area contributed by atoms with Gasteiger partial charge in [-0.1, -0.05) is 38.1 Å². The molecule has 0 saturated heterocycles. The van der Waals surface area contributed by atoms with Crippen molar-refractivity contribution in [1.29, 1.82) is 0 Å². The van der Waals surface area contributed by atoms with Crippen molar-refractivity contribution in [2.75, 3.05) is 6.54 Å². The van der Waals surface area contributed by atoms with Crippen LogP contribution >= 0.6 is 0 Å². The van der Waals surface area contributed by atoms with Gasteiger partial charge in [0.1, 0.15) is 6.54 Å². The topological polar surface area (TPSA) is 3.01 Å². The van der Waals surface area contributed by atoms with Crippen LogP contribution in [0.1, 0.15) is 39.7 Å². The van der Waals surface area contributed by atoms with Gasteiger partial charge in [-0.25, -0.2) is 0 Å². The minimum Gasteiger partial charge on any atom is -0.195 e. The number of hydrogen-bond acceptors (Lipinski definition) is 0. The monoisotopic (exact) mass is 240 g/mol. The summed E-state index contributed by atoms with van der Waals surface area (Å²) in [6.45, 7) is 10.5. The Hall–Kier alpha value is -1.37. The Morgan fingerprint density at radius 3 is 2.61 bits per heavy atom. The molecule has 1 aromatic rings. The molecule has 1 nitrogen and oxygen atoms in total. The average molecular weight is 240 g/mol. The minimum absolute atomic E-state index is 0.147. The first-order chi connectivity index (χ1) is 8.52. The maximum absolute atomic E-state index is 2.48. The highest BCUT2D eigenvalue weighted by Gasteiger charge is 2.56. The molecule has 1 atom stereocenters. The lowest BCUT2D eigenvalue weighted by Crippen LogP contribution is -2.46. The molecule has 18 heavy (non-hydrogen) atoms. The Morgan fingerprint density at radius 1 is 1.17 bits per heavy atom. The van der Waals surface area contributed by atoms with Crippen molar-refractivity contribution in [3.05, 3.63) is 42.0 Å². The van der Waals surface area contributed by atoms with Gasteiger partial charge in [-0.05, 0) is 25.7 Å². The third kappa shape index (κ3) is 1.20. The number of nitrogens with zero attached hydrogens (tertiary/aromatic N) is 1. The van der Waals surface area contributed by atoms with Gasteiger partial charge < -0.3 is 0 Å². The number of fused-ring (bicyclic) bond motifs is 3. The van der Waals surface area contributed by atoms with E-state index in [1.807, 2.05) is 0 Å². The summed E-state index contributed by atoms with van der Waals surface area (Å²) in [6.07, 6.45) is 5.83. The molecule has 3 rings (SSSR count). The highest BCUT2D eigenvalue weighted by molar-refractivity contribution is 6.04. The summed E-state index contributed by atoms with van der Waals surface area (Å²) in [5.41, 5.74) is 4.79. The van der Waals surface area contributed by atoms with Gasteiger partial charge in [-0.15, -0.1) is 0 Å². The zero-order chi connectivity index (χ0) is 13.0. The first-order valence-corrected chi connectivity index (χ1v) is 6.93. The lowest BCUT2D eigenvalue weighted by molar-refractivity contribution is -0.433. The molecular weight excluding hydrogens is 218 g/mol. The lowest BCUT2D eigenvalue weighted by Gasteiger charge is -2.41. The van der Waals surface area contributed by atoms with Gasteiger partial charge in [-0.3, -0.25) is 0 Å². The fourth-order valence-electron chi connectivity index (χ4n) is 3.65. The van der Waals surface area contributed by atoms with Crippen LogP contribution in [-0.2, 0) is 5.41 Å². The molecule has 1 aliphatic carbocycles. The summed E-state index contributed by atoms with van der Waals surface area (Å²) >= 11 is 0. The van der Waals surface area contributed by atoms with Crippen LogP contribution in [0.25, 0.3) is 0 Å². The van der Waals surface area contributed by atoms with Crippen LogP contribution in [0.5, 0.6) is 0 Å². The minimum atomic E-state index is 0.147. The van der Waals surface area contributed by atoms with E-state index >= 15 is 0 Å². The summed E-state index contributed by atoms with van der Waals surface area (Å²) in [5, 5.41) is 0. The zero-order valence-corrected chi connectivity index (χ0v) is 11.8. The summed E-state index contributed by atoms with van der Waals surface area (Å²) in [6, 6.07) is 8.90. The molecule has 2 aliphatic rings. The SMILES string of the molecule is CC[N+]1=C2C=CCC(C)(C)C2(C)c2ccccc21. The largest absolute Gasteiger partial charge is 0.209 e. The number of benzene rings is 1. The number of allylic oxidation sites excluding steroid dienone is 2. The van der Waals surface area contributed by atoms with E-state index in [4.69, 9.17) is 0 Å². The lowest BCUT2D eigenvalue weighted by atomic mass is 9.57. The number of para-hydroxylation sites is 1. The Kier molecular flexibility index (Phi) is 2.32. The van der Waals surface area contributed by atoms with E-state index in [0.29, 0.717) is 0 Å². The van der Waals surface area contributed by atoms with E-state index in [2.05, 4.69) is 68.7 Å². The van der Waals surface area contributed by atoms with Gasteiger partial charge in [0.25, 0.3) is 0 Å². The van der Waals surface area contributed by atoms with Crippen molar-refractivity contribution in [2.45, 2.75) is 39.5 Å². The quantitative estimate of drug-likeness (QED) is 0.651. The zero-order valence-electron chi connectivity index (χ0n) is 11.8. The standard InChI is InChI=1S/C17H22N/c1-5-18-14-10-7-6-9-13(14)17(4)15(18)11-8-12-16(17,2)3/h6-11H,5,12H2,1-4H3/q+1. The molecule has 1 aliphatic heterocycles. The van der Waals surface area contributed by atoms with E-state index in [0.717, 1.165) is 13.0 Å². The van der Waals surface area contributed by atoms with E-state index in [1.54, 1.807) is 0 Å². The molecule has 1 heterocycles. The number of rotatable bonds is 1. The molecule has 0 aromatic heterocycles. The predicted molar refractivity (Wildman–Crippen MR) is 76.8 cm³/mol. The molecule has 0 spiro atoms. The van der Waals surface area contributed by atoms with Crippen molar-refractivity contribution in [3.8, 4) is 0 Å². The van der Waals surface area contributed by atoms with Gasteiger partial charge in [0.15, 0.2) is 5.71 Å². The van der Waals surface area contributed by atoms with E-state index in [9.17, 15) is 0 Å². The maximum atomic E-state index is 2.48. The summed E-state index contributed by atoms with van der Waals surface area (Å²) in [4.78, 5) is 0. The summed E-state index contributed by atoms with van der Waals surface area (Å²) < 4.78 is 2.48. The second-order valence-electron chi connectivity index (χ2n) is 6.26. The van der Waals surface area contributed by atoms with Crippen molar-refractivity contribution in [3.63, 3.8) is 0 Å². The Balaban J connectivity index is 2.37. The third-order valence-electron chi connectivity index (χ3n) is 5.11. The van der Waals surface area contributed by atoms with Gasteiger partial charge in [0.2, 0.25) is 5.69 Å². The molecule has 0 N–H and O–H groups in total. The Morgan fingerprint density at radius 2 is 1.89 bits per heavy atom.